The fraction of sp³-hybridized carbons (Fsp3) is 0.300. The fourth-order valence-electron chi connectivity index (χ4n) is 2.89. The average Bonchev–Trinajstić information content (AvgIpc) is 3.13. The summed E-state index contributed by atoms with van der Waals surface area (Å²) in [5, 5.41) is 5.81. The number of carbonyl (C=O) groups excluding carboxylic acids is 1. The molecule has 0 unspecified atom stereocenters. The molecular formula is C20H23N2O4S+. The predicted octanol–water partition coefficient (Wildman–Crippen LogP) is 1.54. The third-order valence-electron chi connectivity index (χ3n) is 4.38. The first-order valence-electron chi connectivity index (χ1n) is 8.71. The van der Waals surface area contributed by atoms with Gasteiger partial charge in [-0.1, -0.05) is 6.07 Å². The van der Waals surface area contributed by atoms with Gasteiger partial charge in [-0.25, -0.2) is 4.79 Å². The average molecular weight is 387 g/mol. The molecule has 7 heteroatoms. The zero-order valence-electron chi connectivity index (χ0n) is 15.6. The smallest absolute Gasteiger partial charge is 0.336 e. The Labute approximate surface area is 161 Å². The van der Waals surface area contributed by atoms with Crippen LogP contribution in [0.1, 0.15) is 16.5 Å². The van der Waals surface area contributed by atoms with Gasteiger partial charge >= 0.3 is 5.63 Å². The SMILES string of the molecule is Cc1cc(=O)oc2cc(OCC(=O)NC[C@H](c3cccs3)[NH+](C)C)ccc12. The Morgan fingerprint density at radius 3 is 2.81 bits per heavy atom. The largest absolute Gasteiger partial charge is 0.484 e. The summed E-state index contributed by atoms with van der Waals surface area (Å²) in [6.45, 7) is 2.29. The van der Waals surface area contributed by atoms with E-state index in [1.165, 1.54) is 15.8 Å². The molecule has 3 rings (SSSR count). The number of ether oxygens (including phenoxy) is 1. The molecule has 0 aliphatic heterocycles. The van der Waals surface area contributed by atoms with E-state index in [0.29, 0.717) is 17.9 Å². The van der Waals surface area contributed by atoms with Crippen molar-refractivity contribution in [2.75, 3.05) is 27.2 Å². The molecule has 0 radical (unpaired) electrons. The molecule has 0 aliphatic carbocycles. The molecule has 0 fully saturated rings. The van der Waals surface area contributed by atoms with Gasteiger partial charge in [-0.2, -0.15) is 0 Å². The Balaban J connectivity index is 1.59. The normalized spacial score (nSPS) is 12.3. The van der Waals surface area contributed by atoms with Crippen LogP contribution in [0.2, 0.25) is 0 Å². The van der Waals surface area contributed by atoms with Gasteiger partial charge in [-0.15, -0.1) is 11.3 Å². The third kappa shape index (κ3) is 4.75. The number of carbonyl (C=O) groups is 1. The summed E-state index contributed by atoms with van der Waals surface area (Å²) in [4.78, 5) is 26.2. The third-order valence-corrected chi connectivity index (χ3v) is 5.37. The lowest BCUT2D eigenvalue weighted by Gasteiger charge is -2.20. The van der Waals surface area contributed by atoms with Gasteiger partial charge in [0.2, 0.25) is 0 Å². The molecule has 2 aromatic heterocycles. The van der Waals surface area contributed by atoms with Gasteiger partial charge in [0, 0.05) is 17.5 Å². The molecule has 0 aliphatic rings. The highest BCUT2D eigenvalue weighted by Crippen LogP contribution is 2.22. The van der Waals surface area contributed by atoms with Crippen LogP contribution in [-0.2, 0) is 4.79 Å². The summed E-state index contributed by atoms with van der Waals surface area (Å²) in [6.07, 6.45) is 0. The van der Waals surface area contributed by atoms with Crippen LogP contribution in [0.3, 0.4) is 0 Å². The van der Waals surface area contributed by atoms with Gasteiger partial charge in [0.1, 0.15) is 17.4 Å². The van der Waals surface area contributed by atoms with E-state index >= 15 is 0 Å². The maximum atomic E-state index is 12.2. The number of thiophene rings is 1. The minimum atomic E-state index is -0.402. The molecule has 1 aromatic carbocycles. The second kappa shape index (κ2) is 8.37. The minimum absolute atomic E-state index is 0.0958. The van der Waals surface area contributed by atoms with E-state index in [9.17, 15) is 9.59 Å². The number of amides is 1. The fourth-order valence-corrected chi connectivity index (χ4v) is 3.84. The number of benzene rings is 1. The Morgan fingerprint density at radius 1 is 1.30 bits per heavy atom. The number of rotatable bonds is 7. The Morgan fingerprint density at radius 2 is 2.11 bits per heavy atom. The summed E-state index contributed by atoms with van der Waals surface area (Å²) in [5.74, 6) is 0.294. The Bertz CT molecular complexity index is 979. The van der Waals surface area contributed by atoms with Crippen LogP contribution >= 0.6 is 11.3 Å². The van der Waals surface area contributed by atoms with Crippen LogP contribution in [0.25, 0.3) is 11.0 Å². The number of nitrogens with one attached hydrogen (secondary N) is 2. The maximum absolute atomic E-state index is 12.2. The van der Waals surface area contributed by atoms with Gasteiger partial charge < -0.3 is 19.4 Å². The maximum Gasteiger partial charge on any atom is 0.336 e. The van der Waals surface area contributed by atoms with Crippen LogP contribution in [0, 0.1) is 6.92 Å². The van der Waals surface area contributed by atoms with Crippen LogP contribution in [0.5, 0.6) is 5.75 Å². The van der Waals surface area contributed by atoms with E-state index in [1.54, 1.807) is 23.5 Å². The minimum Gasteiger partial charge on any atom is -0.484 e. The predicted molar refractivity (Wildman–Crippen MR) is 106 cm³/mol. The Hall–Kier alpha value is -2.64. The van der Waals surface area contributed by atoms with Crippen molar-refractivity contribution < 1.29 is 18.8 Å². The first-order valence-corrected chi connectivity index (χ1v) is 9.59. The van der Waals surface area contributed by atoms with E-state index < -0.39 is 5.63 Å². The van der Waals surface area contributed by atoms with Crippen LogP contribution in [0.15, 0.2) is 51.0 Å². The lowest BCUT2D eigenvalue weighted by molar-refractivity contribution is -0.890. The molecule has 2 N–H and O–H groups in total. The van der Waals surface area contributed by atoms with Gasteiger partial charge in [0.15, 0.2) is 6.61 Å². The van der Waals surface area contributed by atoms with E-state index in [1.807, 2.05) is 24.4 Å². The van der Waals surface area contributed by atoms with Crippen molar-refractivity contribution in [2.45, 2.75) is 13.0 Å². The first-order chi connectivity index (χ1) is 12.9. The van der Waals surface area contributed by atoms with Crippen molar-refractivity contribution in [2.24, 2.45) is 0 Å². The van der Waals surface area contributed by atoms with Crippen molar-refractivity contribution in [3.05, 3.63) is 62.6 Å². The van der Waals surface area contributed by atoms with Crippen LogP contribution < -0.4 is 20.6 Å². The van der Waals surface area contributed by atoms with Crippen LogP contribution in [0.4, 0.5) is 0 Å². The highest BCUT2D eigenvalue weighted by molar-refractivity contribution is 7.10. The van der Waals surface area contributed by atoms with Crippen LogP contribution in [-0.4, -0.2) is 33.2 Å². The quantitative estimate of drug-likeness (QED) is 0.604. The molecule has 2 heterocycles. The molecule has 1 amide bonds. The molecule has 0 saturated heterocycles. The lowest BCUT2D eigenvalue weighted by atomic mass is 10.1. The number of fused-ring (bicyclic) bond motifs is 1. The van der Waals surface area contributed by atoms with Gasteiger partial charge in [-0.3, -0.25) is 4.79 Å². The van der Waals surface area contributed by atoms with Crippen molar-refractivity contribution in [1.29, 1.82) is 0 Å². The molecule has 0 spiro atoms. The molecule has 142 valence electrons. The standard InChI is InChI=1S/C20H22N2O4S/c1-13-9-20(24)26-17-10-14(6-7-15(13)17)25-12-19(23)21-11-16(22(2)3)18-5-4-8-27-18/h4-10,16H,11-12H2,1-3H3,(H,21,23)/p+1/t16-/m1/s1. The highest BCUT2D eigenvalue weighted by Gasteiger charge is 2.19. The molecule has 3 aromatic rings. The van der Waals surface area contributed by atoms with Crippen molar-refractivity contribution in [3.63, 3.8) is 0 Å². The van der Waals surface area contributed by atoms with Gasteiger partial charge in [0.05, 0.1) is 25.5 Å². The summed E-state index contributed by atoms with van der Waals surface area (Å²) in [5.41, 5.74) is 0.893. The van der Waals surface area contributed by atoms with Gasteiger partial charge in [0.25, 0.3) is 5.91 Å². The zero-order valence-corrected chi connectivity index (χ0v) is 16.4. The summed E-state index contributed by atoms with van der Waals surface area (Å²) in [6, 6.07) is 11.0. The second-order valence-corrected chi connectivity index (χ2v) is 7.62. The zero-order chi connectivity index (χ0) is 19.4. The summed E-state index contributed by atoms with van der Waals surface area (Å²) < 4.78 is 10.8. The molecule has 0 saturated carbocycles. The van der Waals surface area contributed by atoms with E-state index in [4.69, 9.17) is 9.15 Å². The summed E-state index contributed by atoms with van der Waals surface area (Å²) >= 11 is 1.69. The van der Waals surface area contributed by atoms with Crippen molar-refractivity contribution in [3.8, 4) is 5.75 Å². The van der Waals surface area contributed by atoms with Gasteiger partial charge in [-0.05, 0) is 36.1 Å². The molecule has 0 bridgehead atoms. The molecule has 6 nitrogen and oxygen atoms in total. The monoisotopic (exact) mass is 387 g/mol. The highest BCUT2D eigenvalue weighted by atomic mass is 32.1. The summed E-state index contributed by atoms with van der Waals surface area (Å²) in [7, 11) is 4.13. The van der Waals surface area contributed by atoms with E-state index in [-0.39, 0.29) is 18.6 Å². The Kier molecular flexibility index (Phi) is 5.93. The number of quaternary nitrogens is 1. The molecular weight excluding hydrogens is 364 g/mol. The van der Waals surface area contributed by atoms with Crippen molar-refractivity contribution in [1.82, 2.24) is 5.32 Å². The van der Waals surface area contributed by atoms with E-state index in [2.05, 4.69) is 25.5 Å². The lowest BCUT2D eigenvalue weighted by Crippen LogP contribution is -3.06. The van der Waals surface area contributed by atoms with Crippen molar-refractivity contribution >= 4 is 28.2 Å². The number of likely N-dealkylation sites (N-methyl/N-ethyl adjacent to an activating group) is 1. The first kappa shape index (κ1) is 19.1. The second-order valence-electron chi connectivity index (χ2n) is 6.64. The number of aryl methyl sites for hydroxylation is 1. The molecule has 1 atom stereocenters. The van der Waals surface area contributed by atoms with E-state index in [0.717, 1.165) is 10.9 Å². The topological polar surface area (TPSA) is 73.0 Å². The number of hydrogen-bond donors (Lipinski definition) is 2. The number of hydrogen-bond acceptors (Lipinski definition) is 5. The molecule has 27 heavy (non-hydrogen) atoms.